The number of ether oxygens (including phenoxy) is 2. The van der Waals surface area contributed by atoms with Crippen molar-refractivity contribution in [1.29, 1.82) is 0 Å². The summed E-state index contributed by atoms with van der Waals surface area (Å²) >= 11 is 0. The average Bonchev–Trinajstić information content (AvgIpc) is 2.73. The van der Waals surface area contributed by atoms with Crippen LogP contribution < -0.4 is 20.1 Å². The summed E-state index contributed by atoms with van der Waals surface area (Å²) in [4.78, 5) is 24.7. The predicted molar refractivity (Wildman–Crippen MR) is 113 cm³/mol. The third-order valence-corrected chi connectivity index (χ3v) is 4.22. The Kier molecular flexibility index (Phi) is 6.47. The minimum Gasteiger partial charge on any atom is -0.493 e. The molecule has 6 heteroatoms. The van der Waals surface area contributed by atoms with E-state index in [4.69, 9.17) is 9.47 Å². The normalized spacial score (nSPS) is 10.1. The van der Waals surface area contributed by atoms with Crippen molar-refractivity contribution in [2.75, 3.05) is 24.4 Å². The first-order valence-corrected chi connectivity index (χ1v) is 9.09. The molecule has 0 aromatic heterocycles. The van der Waals surface area contributed by atoms with Gasteiger partial charge in [0.25, 0.3) is 11.8 Å². The van der Waals surface area contributed by atoms with Crippen molar-refractivity contribution in [2.45, 2.75) is 6.92 Å². The van der Waals surface area contributed by atoms with Crippen LogP contribution in [0.15, 0.2) is 72.8 Å². The third kappa shape index (κ3) is 5.35. The van der Waals surface area contributed by atoms with Crippen LogP contribution in [0.4, 0.5) is 11.4 Å². The Labute approximate surface area is 169 Å². The van der Waals surface area contributed by atoms with Crippen molar-refractivity contribution in [3.05, 3.63) is 83.9 Å². The number of rotatable bonds is 7. The van der Waals surface area contributed by atoms with Gasteiger partial charge in [0, 0.05) is 16.9 Å². The summed E-state index contributed by atoms with van der Waals surface area (Å²) in [6, 6.07) is 21.4. The van der Waals surface area contributed by atoms with Crippen LogP contribution in [0.1, 0.15) is 15.9 Å². The van der Waals surface area contributed by atoms with E-state index in [9.17, 15) is 9.59 Å². The number of para-hydroxylation sites is 2. The number of nitrogens with one attached hydrogen (secondary N) is 2. The van der Waals surface area contributed by atoms with E-state index in [2.05, 4.69) is 10.6 Å². The van der Waals surface area contributed by atoms with Crippen LogP contribution in [0.25, 0.3) is 0 Å². The molecule has 0 spiro atoms. The molecule has 6 nitrogen and oxygen atoms in total. The maximum absolute atomic E-state index is 12.5. The molecule has 0 atom stereocenters. The van der Waals surface area contributed by atoms with E-state index >= 15 is 0 Å². The van der Waals surface area contributed by atoms with Crippen molar-refractivity contribution in [1.82, 2.24) is 0 Å². The molecule has 148 valence electrons. The Morgan fingerprint density at radius 3 is 2.21 bits per heavy atom. The highest BCUT2D eigenvalue weighted by atomic mass is 16.5. The highest BCUT2D eigenvalue weighted by molar-refractivity contribution is 6.05. The van der Waals surface area contributed by atoms with E-state index < -0.39 is 0 Å². The number of hydrogen-bond acceptors (Lipinski definition) is 4. The summed E-state index contributed by atoms with van der Waals surface area (Å²) in [6.45, 7) is 1.72. The quantitative estimate of drug-likeness (QED) is 0.632. The molecule has 0 saturated heterocycles. The SMILES string of the molecule is COc1ccccc1OCC(=O)Nc1cccc(NC(=O)c2ccccc2C)c1. The van der Waals surface area contributed by atoms with Crippen LogP contribution >= 0.6 is 0 Å². The summed E-state index contributed by atoms with van der Waals surface area (Å²) in [7, 11) is 1.54. The van der Waals surface area contributed by atoms with Crippen molar-refractivity contribution < 1.29 is 19.1 Å². The van der Waals surface area contributed by atoms with Crippen LogP contribution in [0.5, 0.6) is 11.5 Å². The molecule has 2 N–H and O–H groups in total. The number of carbonyl (C=O) groups is 2. The molecule has 3 aromatic rings. The van der Waals surface area contributed by atoms with Gasteiger partial charge in [0.1, 0.15) is 0 Å². The Balaban J connectivity index is 1.60. The molecule has 2 amide bonds. The largest absolute Gasteiger partial charge is 0.493 e. The molecule has 0 aliphatic carbocycles. The van der Waals surface area contributed by atoms with Crippen LogP contribution in [0.3, 0.4) is 0 Å². The Bertz CT molecular complexity index is 1020. The lowest BCUT2D eigenvalue weighted by Crippen LogP contribution is -2.20. The Morgan fingerprint density at radius 1 is 0.828 bits per heavy atom. The molecular weight excluding hydrogens is 368 g/mol. The maximum Gasteiger partial charge on any atom is 0.262 e. The first-order valence-electron chi connectivity index (χ1n) is 9.09. The molecule has 0 unspecified atom stereocenters. The monoisotopic (exact) mass is 390 g/mol. The van der Waals surface area contributed by atoms with E-state index in [0.717, 1.165) is 5.56 Å². The molecule has 0 aliphatic rings. The molecule has 29 heavy (non-hydrogen) atoms. The molecular formula is C23H22N2O4. The highest BCUT2D eigenvalue weighted by Gasteiger charge is 2.10. The van der Waals surface area contributed by atoms with E-state index in [1.165, 1.54) is 0 Å². The molecule has 0 radical (unpaired) electrons. The third-order valence-electron chi connectivity index (χ3n) is 4.22. The average molecular weight is 390 g/mol. The summed E-state index contributed by atoms with van der Waals surface area (Å²) in [5.74, 6) is 0.523. The van der Waals surface area contributed by atoms with Gasteiger partial charge in [-0.1, -0.05) is 36.4 Å². The van der Waals surface area contributed by atoms with Crippen LogP contribution in [0, 0.1) is 6.92 Å². The first kappa shape index (κ1) is 19.9. The number of amides is 2. The standard InChI is InChI=1S/C23H22N2O4/c1-16-8-3-4-11-19(16)23(27)25-18-10-7-9-17(14-18)24-22(26)15-29-21-13-6-5-12-20(21)28-2/h3-14H,15H2,1-2H3,(H,24,26)(H,25,27). The fraction of sp³-hybridized carbons (Fsp3) is 0.130. The van der Waals surface area contributed by atoms with E-state index in [-0.39, 0.29) is 18.4 Å². The lowest BCUT2D eigenvalue weighted by molar-refractivity contribution is -0.118. The zero-order valence-electron chi connectivity index (χ0n) is 16.3. The lowest BCUT2D eigenvalue weighted by atomic mass is 10.1. The van der Waals surface area contributed by atoms with Crippen molar-refractivity contribution in [3.8, 4) is 11.5 Å². The molecule has 3 rings (SSSR count). The van der Waals surface area contributed by atoms with Gasteiger partial charge >= 0.3 is 0 Å². The smallest absolute Gasteiger partial charge is 0.262 e. The Hall–Kier alpha value is -3.80. The molecule has 0 heterocycles. The molecule has 0 bridgehead atoms. The van der Waals surface area contributed by atoms with Gasteiger partial charge in [-0.25, -0.2) is 0 Å². The zero-order valence-corrected chi connectivity index (χ0v) is 16.3. The zero-order chi connectivity index (χ0) is 20.6. The molecule has 0 aliphatic heterocycles. The van der Waals surface area contributed by atoms with Gasteiger partial charge in [-0.05, 0) is 48.9 Å². The first-order chi connectivity index (χ1) is 14.1. The minimum atomic E-state index is -0.321. The number of anilines is 2. The second kappa shape index (κ2) is 9.41. The van der Waals surface area contributed by atoms with E-state index in [1.807, 2.05) is 31.2 Å². The number of aryl methyl sites for hydroxylation is 1. The fourth-order valence-corrected chi connectivity index (χ4v) is 2.78. The van der Waals surface area contributed by atoms with Gasteiger partial charge in [-0.2, -0.15) is 0 Å². The van der Waals surface area contributed by atoms with Crippen LogP contribution in [0.2, 0.25) is 0 Å². The number of benzene rings is 3. The number of hydrogen-bond donors (Lipinski definition) is 2. The van der Waals surface area contributed by atoms with Gasteiger partial charge in [-0.3, -0.25) is 9.59 Å². The van der Waals surface area contributed by atoms with E-state index in [0.29, 0.717) is 28.4 Å². The summed E-state index contributed by atoms with van der Waals surface area (Å²) in [6.07, 6.45) is 0. The lowest BCUT2D eigenvalue weighted by Gasteiger charge is -2.12. The van der Waals surface area contributed by atoms with Crippen LogP contribution in [-0.4, -0.2) is 25.5 Å². The molecule has 0 saturated carbocycles. The fourth-order valence-electron chi connectivity index (χ4n) is 2.78. The van der Waals surface area contributed by atoms with Gasteiger partial charge in [0.2, 0.25) is 0 Å². The van der Waals surface area contributed by atoms with E-state index in [1.54, 1.807) is 55.6 Å². The van der Waals surface area contributed by atoms with Crippen molar-refractivity contribution in [3.63, 3.8) is 0 Å². The number of methoxy groups -OCH3 is 1. The van der Waals surface area contributed by atoms with Gasteiger partial charge in [0.15, 0.2) is 18.1 Å². The topological polar surface area (TPSA) is 76.7 Å². The summed E-state index contributed by atoms with van der Waals surface area (Å²) in [5, 5.41) is 5.61. The van der Waals surface area contributed by atoms with Crippen molar-refractivity contribution >= 4 is 23.2 Å². The predicted octanol–water partition coefficient (Wildman–Crippen LogP) is 4.27. The van der Waals surface area contributed by atoms with Gasteiger partial charge in [0.05, 0.1) is 7.11 Å². The second-order valence-electron chi connectivity index (χ2n) is 6.34. The van der Waals surface area contributed by atoms with Crippen molar-refractivity contribution in [2.24, 2.45) is 0 Å². The summed E-state index contributed by atoms with van der Waals surface area (Å²) in [5.41, 5.74) is 2.64. The Morgan fingerprint density at radius 2 is 1.48 bits per heavy atom. The minimum absolute atomic E-state index is 0.166. The van der Waals surface area contributed by atoms with Gasteiger partial charge < -0.3 is 20.1 Å². The summed E-state index contributed by atoms with van der Waals surface area (Å²) < 4.78 is 10.7. The maximum atomic E-state index is 12.5. The van der Waals surface area contributed by atoms with Crippen LogP contribution in [-0.2, 0) is 4.79 Å². The second-order valence-corrected chi connectivity index (χ2v) is 6.34. The molecule has 0 fully saturated rings. The molecule has 3 aromatic carbocycles. The number of carbonyl (C=O) groups excluding carboxylic acids is 2. The highest BCUT2D eigenvalue weighted by Crippen LogP contribution is 2.25. The van der Waals surface area contributed by atoms with Gasteiger partial charge in [-0.15, -0.1) is 0 Å².